The first-order valence-corrected chi connectivity index (χ1v) is 5.85. The van der Waals surface area contributed by atoms with Crippen molar-refractivity contribution in [3.63, 3.8) is 0 Å². The summed E-state index contributed by atoms with van der Waals surface area (Å²) in [4.78, 5) is -0.0139. The van der Waals surface area contributed by atoms with Crippen LogP contribution >= 0.6 is 11.3 Å². The Morgan fingerprint density at radius 3 is 2.69 bits per heavy atom. The molecule has 1 N–H and O–H groups in total. The van der Waals surface area contributed by atoms with E-state index in [9.17, 15) is 8.42 Å². The first-order valence-electron chi connectivity index (χ1n) is 3.53. The van der Waals surface area contributed by atoms with E-state index in [0.29, 0.717) is 4.70 Å². The van der Waals surface area contributed by atoms with E-state index in [-0.39, 0.29) is 4.90 Å². The topological polar surface area (TPSA) is 54.4 Å². The zero-order chi connectivity index (χ0) is 9.47. The van der Waals surface area contributed by atoms with Crippen LogP contribution in [0.3, 0.4) is 0 Å². The number of hydrogen-bond donors (Lipinski definition) is 1. The second-order valence-electron chi connectivity index (χ2n) is 2.57. The Morgan fingerprint density at radius 2 is 2.00 bits per heavy atom. The summed E-state index contributed by atoms with van der Waals surface area (Å²) in [5, 5.41) is 2.62. The SMILES string of the molecule is O=S(=O)(O)c1cccc2ccsc12. The molecule has 68 valence electrons. The Balaban J connectivity index is 2.91. The van der Waals surface area contributed by atoms with Crippen LogP contribution in [0.25, 0.3) is 10.1 Å². The van der Waals surface area contributed by atoms with E-state index in [1.54, 1.807) is 17.5 Å². The fourth-order valence-corrected chi connectivity index (χ4v) is 3.04. The summed E-state index contributed by atoms with van der Waals surface area (Å²) < 4.78 is 31.3. The van der Waals surface area contributed by atoms with Crippen molar-refractivity contribution in [2.45, 2.75) is 4.90 Å². The van der Waals surface area contributed by atoms with Gasteiger partial charge < -0.3 is 0 Å². The van der Waals surface area contributed by atoms with Gasteiger partial charge in [-0.1, -0.05) is 12.1 Å². The average molecular weight is 214 g/mol. The number of benzene rings is 1. The second-order valence-corrected chi connectivity index (χ2v) is 4.88. The smallest absolute Gasteiger partial charge is 0.282 e. The zero-order valence-electron chi connectivity index (χ0n) is 6.47. The average Bonchev–Trinajstić information content (AvgIpc) is 2.48. The van der Waals surface area contributed by atoms with Gasteiger partial charge >= 0.3 is 0 Å². The third-order valence-corrected chi connectivity index (χ3v) is 3.71. The molecule has 0 radical (unpaired) electrons. The van der Waals surface area contributed by atoms with Gasteiger partial charge in [-0.25, -0.2) is 0 Å². The molecule has 0 saturated carbocycles. The van der Waals surface area contributed by atoms with Crippen molar-refractivity contribution in [2.24, 2.45) is 0 Å². The fraction of sp³-hybridized carbons (Fsp3) is 0. The standard InChI is InChI=1S/C8H6O3S2/c9-13(10,11)7-3-1-2-6-4-5-12-8(6)7/h1-5H,(H,9,10,11). The Bertz CT molecular complexity index is 539. The first-order chi connectivity index (χ1) is 6.09. The summed E-state index contributed by atoms with van der Waals surface area (Å²) in [6, 6.07) is 6.63. The van der Waals surface area contributed by atoms with Crippen LogP contribution in [-0.4, -0.2) is 13.0 Å². The van der Waals surface area contributed by atoms with E-state index in [1.165, 1.54) is 17.4 Å². The molecular weight excluding hydrogens is 208 g/mol. The lowest BCUT2D eigenvalue weighted by Gasteiger charge is -1.97. The Labute approximate surface area is 79.4 Å². The van der Waals surface area contributed by atoms with Gasteiger partial charge in [-0.2, -0.15) is 8.42 Å². The minimum atomic E-state index is -4.09. The van der Waals surface area contributed by atoms with Crippen molar-refractivity contribution < 1.29 is 13.0 Å². The van der Waals surface area contributed by atoms with Crippen molar-refractivity contribution >= 4 is 31.5 Å². The molecule has 2 rings (SSSR count). The lowest BCUT2D eigenvalue weighted by molar-refractivity contribution is 0.484. The Kier molecular flexibility index (Phi) is 1.87. The highest BCUT2D eigenvalue weighted by molar-refractivity contribution is 7.86. The number of thiophene rings is 1. The second kappa shape index (κ2) is 2.80. The zero-order valence-corrected chi connectivity index (χ0v) is 8.10. The lowest BCUT2D eigenvalue weighted by atomic mass is 10.3. The molecule has 0 amide bonds. The molecule has 13 heavy (non-hydrogen) atoms. The maximum absolute atomic E-state index is 10.9. The molecule has 3 nitrogen and oxygen atoms in total. The first kappa shape index (κ1) is 8.68. The summed E-state index contributed by atoms with van der Waals surface area (Å²) >= 11 is 1.30. The van der Waals surface area contributed by atoms with E-state index in [0.717, 1.165) is 5.39 Å². The van der Waals surface area contributed by atoms with Gasteiger partial charge in [0.1, 0.15) is 4.90 Å². The highest BCUT2D eigenvalue weighted by Crippen LogP contribution is 2.27. The van der Waals surface area contributed by atoms with Gasteiger partial charge in [0, 0.05) is 0 Å². The van der Waals surface area contributed by atoms with Gasteiger partial charge in [0.15, 0.2) is 0 Å². The Hall–Kier alpha value is -0.910. The van der Waals surface area contributed by atoms with Crippen LogP contribution in [0.4, 0.5) is 0 Å². The highest BCUT2D eigenvalue weighted by atomic mass is 32.2. The molecule has 0 fully saturated rings. The maximum atomic E-state index is 10.9. The maximum Gasteiger partial charge on any atom is 0.295 e. The van der Waals surface area contributed by atoms with Gasteiger partial charge in [0.25, 0.3) is 10.1 Å². The molecular formula is C8H6O3S2. The van der Waals surface area contributed by atoms with Gasteiger partial charge in [-0.15, -0.1) is 11.3 Å². The van der Waals surface area contributed by atoms with Crippen LogP contribution in [0.1, 0.15) is 0 Å². The predicted molar refractivity (Wildman–Crippen MR) is 51.6 cm³/mol. The third kappa shape index (κ3) is 1.46. The molecule has 0 aliphatic heterocycles. The summed E-state index contributed by atoms with van der Waals surface area (Å²) in [5.41, 5.74) is 0. The molecule has 0 aliphatic carbocycles. The summed E-state index contributed by atoms with van der Waals surface area (Å²) in [6.07, 6.45) is 0. The highest BCUT2D eigenvalue weighted by Gasteiger charge is 2.13. The summed E-state index contributed by atoms with van der Waals surface area (Å²) in [5.74, 6) is 0. The van der Waals surface area contributed by atoms with Crippen LogP contribution in [0.15, 0.2) is 34.5 Å². The predicted octanol–water partition coefficient (Wildman–Crippen LogP) is 2.15. The molecule has 0 spiro atoms. The number of rotatable bonds is 1. The molecule has 2 aromatic rings. The monoisotopic (exact) mass is 214 g/mol. The van der Waals surface area contributed by atoms with Crippen molar-refractivity contribution in [2.75, 3.05) is 0 Å². The molecule has 1 heterocycles. The van der Waals surface area contributed by atoms with Crippen molar-refractivity contribution in [3.8, 4) is 0 Å². The molecule has 1 aromatic carbocycles. The normalized spacial score (nSPS) is 12.1. The molecule has 1 aromatic heterocycles. The number of hydrogen-bond acceptors (Lipinski definition) is 3. The van der Waals surface area contributed by atoms with Crippen LogP contribution in [0, 0.1) is 0 Å². The minimum Gasteiger partial charge on any atom is -0.282 e. The van der Waals surface area contributed by atoms with Gasteiger partial charge in [-0.05, 0) is 22.9 Å². The summed E-state index contributed by atoms with van der Waals surface area (Å²) in [7, 11) is -4.09. The Morgan fingerprint density at radius 1 is 1.23 bits per heavy atom. The van der Waals surface area contributed by atoms with Crippen LogP contribution in [0.5, 0.6) is 0 Å². The van der Waals surface area contributed by atoms with E-state index >= 15 is 0 Å². The molecule has 5 heteroatoms. The molecule has 0 atom stereocenters. The van der Waals surface area contributed by atoms with E-state index in [2.05, 4.69) is 0 Å². The van der Waals surface area contributed by atoms with Crippen molar-refractivity contribution in [1.29, 1.82) is 0 Å². The van der Waals surface area contributed by atoms with Crippen LogP contribution < -0.4 is 0 Å². The van der Waals surface area contributed by atoms with Gasteiger partial charge in [0.05, 0.1) is 4.70 Å². The van der Waals surface area contributed by atoms with E-state index < -0.39 is 10.1 Å². The number of fused-ring (bicyclic) bond motifs is 1. The van der Waals surface area contributed by atoms with Crippen LogP contribution in [-0.2, 0) is 10.1 Å². The molecule has 0 aliphatic rings. The van der Waals surface area contributed by atoms with E-state index in [4.69, 9.17) is 4.55 Å². The fourth-order valence-electron chi connectivity index (χ4n) is 1.17. The van der Waals surface area contributed by atoms with Gasteiger partial charge in [-0.3, -0.25) is 4.55 Å². The molecule has 0 saturated heterocycles. The summed E-state index contributed by atoms with van der Waals surface area (Å²) in [6.45, 7) is 0. The minimum absolute atomic E-state index is 0.0139. The van der Waals surface area contributed by atoms with Crippen LogP contribution in [0.2, 0.25) is 0 Å². The largest absolute Gasteiger partial charge is 0.295 e. The van der Waals surface area contributed by atoms with Crippen molar-refractivity contribution in [3.05, 3.63) is 29.6 Å². The van der Waals surface area contributed by atoms with Crippen molar-refractivity contribution in [1.82, 2.24) is 0 Å². The third-order valence-electron chi connectivity index (χ3n) is 1.72. The lowest BCUT2D eigenvalue weighted by Crippen LogP contribution is -1.97. The van der Waals surface area contributed by atoms with E-state index in [1.807, 2.05) is 6.07 Å². The molecule has 0 unspecified atom stereocenters. The molecule has 0 bridgehead atoms. The quantitative estimate of drug-likeness (QED) is 0.740. The van der Waals surface area contributed by atoms with Gasteiger partial charge in [0.2, 0.25) is 0 Å².